The second-order valence-corrected chi connectivity index (χ2v) is 10.1. The van der Waals surface area contributed by atoms with Crippen molar-refractivity contribution < 1.29 is 13.2 Å². The molecule has 168 valence electrons. The van der Waals surface area contributed by atoms with Gasteiger partial charge in [-0.1, -0.05) is 12.1 Å². The minimum atomic E-state index is -3.60. The van der Waals surface area contributed by atoms with Crippen LogP contribution in [-0.4, -0.2) is 34.0 Å². The van der Waals surface area contributed by atoms with Crippen molar-refractivity contribution in [1.29, 1.82) is 0 Å². The molecule has 1 amide bonds. The lowest BCUT2D eigenvalue weighted by Gasteiger charge is -2.28. The molecule has 1 heterocycles. The summed E-state index contributed by atoms with van der Waals surface area (Å²) in [5.74, 6) is -0.177. The monoisotopic (exact) mass is 443 g/mol. The van der Waals surface area contributed by atoms with Crippen LogP contribution in [-0.2, 0) is 21.2 Å². The van der Waals surface area contributed by atoms with Crippen LogP contribution in [0.1, 0.15) is 49.3 Å². The van der Waals surface area contributed by atoms with E-state index in [0.29, 0.717) is 12.2 Å². The molecule has 6 nitrogen and oxygen atoms in total. The van der Waals surface area contributed by atoms with Gasteiger partial charge in [0.05, 0.1) is 4.90 Å². The van der Waals surface area contributed by atoms with Crippen LogP contribution in [0.5, 0.6) is 0 Å². The van der Waals surface area contributed by atoms with Crippen molar-refractivity contribution in [3.8, 4) is 0 Å². The zero-order chi connectivity index (χ0) is 22.4. The molecule has 0 radical (unpaired) electrons. The molecule has 2 aromatic rings. The van der Waals surface area contributed by atoms with Crippen molar-refractivity contribution in [2.75, 3.05) is 29.9 Å². The summed E-state index contributed by atoms with van der Waals surface area (Å²) >= 11 is 0. The van der Waals surface area contributed by atoms with Gasteiger partial charge in [0.25, 0.3) is 0 Å². The SMILES string of the molecule is CC(=O)Nc1c(C)cc(S(=O)(=O)NCCCc2ccc(N3CCCCC3)cc2)cc1C. The van der Waals surface area contributed by atoms with Crippen LogP contribution >= 0.6 is 0 Å². The first-order valence-electron chi connectivity index (χ1n) is 11.0. The van der Waals surface area contributed by atoms with E-state index < -0.39 is 10.0 Å². The number of rotatable bonds is 8. The fourth-order valence-electron chi connectivity index (χ4n) is 4.06. The smallest absolute Gasteiger partial charge is 0.240 e. The maximum absolute atomic E-state index is 12.7. The Morgan fingerprint density at radius 1 is 1.00 bits per heavy atom. The summed E-state index contributed by atoms with van der Waals surface area (Å²) in [4.78, 5) is 14.0. The Kier molecular flexibility index (Phi) is 7.73. The van der Waals surface area contributed by atoms with Crippen LogP contribution in [0.15, 0.2) is 41.3 Å². The summed E-state index contributed by atoms with van der Waals surface area (Å²) < 4.78 is 28.1. The lowest BCUT2D eigenvalue weighted by Crippen LogP contribution is -2.29. The third-order valence-corrected chi connectivity index (χ3v) is 7.15. The Balaban J connectivity index is 1.53. The predicted molar refractivity (Wildman–Crippen MR) is 126 cm³/mol. The minimum absolute atomic E-state index is 0.177. The molecule has 3 rings (SSSR count). The van der Waals surface area contributed by atoms with Crippen molar-refractivity contribution in [3.63, 3.8) is 0 Å². The number of carbonyl (C=O) groups is 1. The maximum atomic E-state index is 12.7. The molecule has 0 aliphatic carbocycles. The number of anilines is 2. The number of sulfonamides is 1. The van der Waals surface area contributed by atoms with Gasteiger partial charge in [-0.2, -0.15) is 0 Å². The summed E-state index contributed by atoms with van der Waals surface area (Å²) in [6.45, 7) is 7.67. The van der Waals surface area contributed by atoms with E-state index in [-0.39, 0.29) is 10.8 Å². The van der Waals surface area contributed by atoms with Gasteiger partial charge in [0.15, 0.2) is 0 Å². The fraction of sp³-hybridized carbons (Fsp3) is 0.458. The molecule has 0 aromatic heterocycles. The molecule has 2 N–H and O–H groups in total. The zero-order valence-corrected chi connectivity index (χ0v) is 19.5. The van der Waals surface area contributed by atoms with Crippen molar-refractivity contribution in [2.24, 2.45) is 0 Å². The number of nitrogens with zero attached hydrogens (tertiary/aromatic N) is 1. The van der Waals surface area contributed by atoms with E-state index in [1.165, 1.54) is 37.4 Å². The zero-order valence-electron chi connectivity index (χ0n) is 18.7. The van der Waals surface area contributed by atoms with Gasteiger partial charge in [-0.15, -0.1) is 0 Å². The van der Waals surface area contributed by atoms with E-state index in [0.717, 1.165) is 37.1 Å². The number of carbonyl (C=O) groups excluding carboxylic acids is 1. The van der Waals surface area contributed by atoms with Crippen LogP contribution in [0.25, 0.3) is 0 Å². The predicted octanol–water partition coefficient (Wildman–Crippen LogP) is 4.16. The van der Waals surface area contributed by atoms with E-state index in [1.807, 2.05) is 0 Å². The lowest BCUT2D eigenvalue weighted by molar-refractivity contribution is -0.114. The number of aryl methyl sites for hydroxylation is 3. The van der Waals surface area contributed by atoms with Crippen molar-refractivity contribution in [1.82, 2.24) is 4.72 Å². The van der Waals surface area contributed by atoms with Gasteiger partial charge >= 0.3 is 0 Å². The Labute approximate surface area is 186 Å². The lowest BCUT2D eigenvalue weighted by atomic mass is 10.1. The maximum Gasteiger partial charge on any atom is 0.240 e. The molecule has 0 atom stereocenters. The van der Waals surface area contributed by atoms with E-state index in [2.05, 4.69) is 39.2 Å². The van der Waals surface area contributed by atoms with Crippen LogP contribution in [0, 0.1) is 13.8 Å². The Morgan fingerprint density at radius 2 is 1.61 bits per heavy atom. The minimum Gasteiger partial charge on any atom is -0.372 e. The molecule has 7 heteroatoms. The molecule has 1 aliphatic rings. The standard InChI is InChI=1S/C24H33N3O3S/c1-18-16-23(17-19(2)24(18)26-20(3)28)31(29,30)25-13-7-8-21-9-11-22(12-10-21)27-14-5-4-6-15-27/h9-12,16-17,25H,4-8,13-15H2,1-3H3,(H,26,28). The summed E-state index contributed by atoms with van der Waals surface area (Å²) in [6, 6.07) is 11.8. The molecule has 0 saturated carbocycles. The molecule has 1 aliphatic heterocycles. The average molecular weight is 444 g/mol. The highest BCUT2D eigenvalue weighted by Gasteiger charge is 2.17. The van der Waals surface area contributed by atoms with Crippen LogP contribution < -0.4 is 14.9 Å². The molecular formula is C24H33N3O3S. The van der Waals surface area contributed by atoms with Crippen LogP contribution in [0.4, 0.5) is 11.4 Å². The Morgan fingerprint density at radius 3 is 2.19 bits per heavy atom. The molecule has 0 bridgehead atoms. The number of benzene rings is 2. The second-order valence-electron chi connectivity index (χ2n) is 8.33. The molecule has 0 spiro atoms. The Hall–Kier alpha value is -2.38. The Bertz CT molecular complexity index is 988. The normalized spacial score (nSPS) is 14.5. The van der Waals surface area contributed by atoms with Crippen molar-refractivity contribution in [3.05, 3.63) is 53.1 Å². The first kappa shape index (κ1) is 23.3. The van der Waals surface area contributed by atoms with Gasteiger partial charge < -0.3 is 10.2 Å². The van der Waals surface area contributed by atoms with E-state index >= 15 is 0 Å². The fourth-order valence-corrected chi connectivity index (χ4v) is 5.30. The number of hydrogen-bond acceptors (Lipinski definition) is 4. The summed E-state index contributed by atoms with van der Waals surface area (Å²) in [6.07, 6.45) is 5.39. The number of nitrogens with one attached hydrogen (secondary N) is 2. The van der Waals surface area contributed by atoms with Crippen LogP contribution in [0.3, 0.4) is 0 Å². The van der Waals surface area contributed by atoms with Gasteiger partial charge in [-0.3, -0.25) is 4.79 Å². The summed E-state index contributed by atoms with van der Waals surface area (Å²) in [5, 5.41) is 2.76. The molecular weight excluding hydrogens is 410 g/mol. The van der Waals surface area contributed by atoms with Crippen molar-refractivity contribution in [2.45, 2.75) is 57.8 Å². The average Bonchev–Trinajstić information content (AvgIpc) is 2.74. The quantitative estimate of drug-likeness (QED) is 0.601. The first-order chi connectivity index (χ1) is 14.8. The van der Waals surface area contributed by atoms with Gasteiger partial charge in [0, 0.05) is 37.9 Å². The van der Waals surface area contributed by atoms with E-state index in [9.17, 15) is 13.2 Å². The van der Waals surface area contributed by atoms with Gasteiger partial charge in [-0.25, -0.2) is 13.1 Å². The number of piperidine rings is 1. The second kappa shape index (κ2) is 10.3. The molecule has 31 heavy (non-hydrogen) atoms. The van der Waals surface area contributed by atoms with Gasteiger partial charge in [-0.05, 0) is 86.9 Å². The third-order valence-electron chi connectivity index (χ3n) is 5.71. The van der Waals surface area contributed by atoms with Gasteiger partial charge in [0.1, 0.15) is 0 Å². The van der Waals surface area contributed by atoms with Crippen molar-refractivity contribution >= 4 is 27.3 Å². The topological polar surface area (TPSA) is 78.5 Å². The molecule has 1 fully saturated rings. The number of hydrogen-bond donors (Lipinski definition) is 2. The third kappa shape index (κ3) is 6.31. The largest absolute Gasteiger partial charge is 0.372 e. The van der Waals surface area contributed by atoms with E-state index in [1.54, 1.807) is 26.0 Å². The van der Waals surface area contributed by atoms with Gasteiger partial charge in [0.2, 0.25) is 15.9 Å². The van der Waals surface area contributed by atoms with Crippen LogP contribution in [0.2, 0.25) is 0 Å². The highest BCUT2D eigenvalue weighted by Crippen LogP contribution is 2.25. The highest BCUT2D eigenvalue weighted by atomic mass is 32.2. The summed E-state index contributed by atoms with van der Waals surface area (Å²) in [7, 11) is -3.60. The van der Waals surface area contributed by atoms with E-state index in [4.69, 9.17) is 0 Å². The highest BCUT2D eigenvalue weighted by molar-refractivity contribution is 7.89. The summed E-state index contributed by atoms with van der Waals surface area (Å²) in [5.41, 5.74) is 4.61. The first-order valence-corrected chi connectivity index (χ1v) is 12.5. The molecule has 0 unspecified atom stereocenters. The molecule has 1 saturated heterocycles. The number of amides is 1. The molecule has 2 aromatic carbocycles.